The van der Waals surface area contributed by atoms with Crippen LogP contribution in [0.25, 0.3) is 22.2 Å². The third-order valence-electron chi connectivity index (χ3n) is 4.28. The smallest absolute Gasteiger partial charge is 0.0730 e. The molecule has 2 heterocycles. The Morgan fingerprint density at radius 3 is 2.25 bits per heavy atom. The van der Waals surface area contributed by atoms with Gasteiger partial charge in [-0.05, 0) is 37.1 Å². The van der Waals surface area contributed by atoms with Crippen molar-refractivity contribution in [2.45, 2.75) is 12.8 Å². The zero-order chi connectivity index (χ0) is 14.9. The van der Waals surface area contributed by atoms with Crippen LogP contribution in [0.15, 0.2) is 54.6 Å². The molecule has 5 heteroatoms. The predicted octanol–water partition coefficient (Wildman–Crippen LogP) is 3.51. The fourth-order valence-electron chi connectivity index (χ4n) is 3.15. The largest absolute Gasteiger partial charge is 0.412 e. The van der Waals surface area contributed by atoms with E-state index in [9.17, 15) is 0 Å². The summed E-state index contributed by atoms with van der Waals surface area (Å²) in [5, 5.41) is 1.99. The molecule has 4 nitrogen and oxygen atoms in total. The molecule has 1 aliphatic rings. The Labute approximate surface area is 146 Å². The van der Waals surface area contributed by atoms with Gasteiger partial charge in [-0.1, -0.05) is 41.9 Å². The number of hydrogen-bond donors (Lipinski definition) is 0. The number of benzene rings is 2. The fraction of sp³-hybridized carbons (Fsp3) is 0.211. The molecule has 0 bridgehead atoms. The Balaban J connectivity index is 0.00000104. The van der Waals surface area contributed by atoms with Crippen molar-refractivity contribution < 1.29 is 11.0 Å². The molecule has 2 aromatic carbocycles. The number of pyridine rings is 1. The van der Waals surface area contributed by atoms with E-state index in [1.54, 1.807) is 0 Å². The molecule has 0 amide bonds. The number of para-hydroxylation sites is 1. The first-order valence-electron chi connectivity index (χ1n) is 7.72. The van der Waals surface area contributed by atoms with E-state index in [0.29, 0.717) is 0 Å². The summed E-state index contributed by atoms with van der Waals surface area (Å²) in [5.74, 6) is 0. The molecule has 1 fully saturated rings. The lowest BCUT2D eigenvalue weighted by atomic mass is 10.1. The van der Waals surface area contributed by atoms with E-state index >= 15 is 0 Å². The van der Waals surface area contributed by atoms with E-state index in [0.717, 1.165) is 34.9 Å². The summed E-state index contributed by atoms with van der Waals surface area (Å²) >= 11 is 6.00. The highest BCUT2D eigenvalue weighted by Crippen LogP contribution is 2.33. The topological polar surface area (TPSA) is 79.1 Å². The van der Waals surface area contributed by atoms with Gasteiger partial charge in [-0.2, -0.15) is 0 Å². The Kier molecular flexibility index (Phi) is 5.78. The maximum atomic E-state index is 6.00. The van der Waals surface area contributed by atoms with E-state index in [2.05, 4.69) is 35.2 Å². The molecule has 0 radical (unpaired) electrons. The van der Waals surface area contributed by atoms with Crippen LogP contribution in [-0.2, 0) is 0 Å². The van der Waals surface area contributed by atoms with E-state index in [-0.39, 0.29) is 11.0 Å². The maximum Gasteiger partial charge on any atom is 0.0730 e. The quantitative estimate of drug-likeness (QED) is 0.713. The summed E-state index contributed by atoms with van der Waals surface area (Å²) in [6.45, 7) is 2.27. The Bertz CT molecular complexity index is 815. The summed E-state index contributed by atoms with van der Waals surface area (Å²) in [6.07, 6.45) is 2.54. The maximum absolute atomic E-state index is 6.00. The van der Waals surface area contributed by atoms with Crippen LogP contribution >= 0.6 is 11.6 Å². The van der Waals surface area contributed by atoms with Crippen LogP contribution in [0.5, 0.6) is 0 Å². The minimum absolute atomic E-state index is 0. The highest BCUT2D eigenvalue weighted by atomic mass is 35.5. The standard InChI is InChI=1S/C19H17ClN2.2H2O/c20-15-9-7-14(8-10-15)18-13-19(22-11-3-4-12-22)16-5-1-2-6-17(16)21-18;;/h1-2,5-10,13H,3-4,11-12H2;2*1H2. The van der Waals surface area contributed by atoms with Crippen molar-refractivity contribution in [1.82, 2.24) is 4.98 Å². The first kappa shape index (κ1) is 18.2. The van der Waals surface area contributed by atoms with Crippen LogP contribution in [0.2, 0.25) is 5.02 Å². The lowest BCUT2D eigenvalue weighted by Gasteiger charge is -2.20. The van der Waals surface area contributed by atoms with E-state index < -0.39 is 0 Å². The van der Waals surface area contributed by atoms with Crippen molar-refractivity contribution >= 4 is 28.2 Å². The lowest BCUT2D eigenvalue weighted by molar-refractivity contribution is 0.823. The van der Waals surface area contributed by atoms with Gasteiger partial charge in [0.1, 0.15) is 0 Å². The molecule has 4 N–H and O–H groups in total. The summed E-state index contributed by atoms with van der Waals surface area (Å²) in [6, 6.07) is 18.5. The van der Waals surface area contributed by atoms with Gasteiger partial charge >= 0.3 is 0 Å². The first-order valence-corrected chi connectivity index (χ1v) is 8.10. The summed E-state index contributed by atoms with van der Waals surface area (Å²) in [7, 11) is 0. The van der Waals surface area contributed by atoms with Gasteiger partial charge in [-0.3, -0.25) is 0 Å². The summed E-state index contributed by atoms with van der Waals surface area (Å²) in [4.78, 5) is 7.31. The number of nitrogens with zero attached hydrogens (tertiary/aromatic N) is 2. The highest BCUT2D eigenvalue weighted by molar-refractivity contribution is 6.30. The first-order chi connectivity index (χ1) is 10.8. The van der Waals surface area contributed by atoms with Gasteiger partial charge < -0.3 is 15.9 Å². The second kappa shape index (κ2) is 7.62. The van der Waals surface area contributed by atoms with Crippen LogP contribution in [0.1, 0.15) is 12.8 Å². The molecular weight excluding hydrogens is 324 g/mol. The molecule has 0 unspecified atom stereocenters. The molecule has 1 saturated heterocycles. The van der Waals surface area contributed by atoms with Crippen molar-refractivity contribution in [2.24, 2.45) is 0 Å². The van der Waals surface area contributed by atoms with Gasteiger partial charge in [0.2, 0.25) is 0 Å². The van der Waals surface area contributed by atoms with E-state index in [1.807, 2.05) is 24.3 Å². The average Bonchev–Trinajstić information content (AvgIpc) is 3.09. The number of anilines is 1. The normalized spacial score (nSPS) is 13.5. The molecular formula is C19H21ClN2O2. The number of fused-ring (bicyclic) bond motifs is 1. The molecule has 0 spiro atoms. The zero-order valence-corrected chi connectivity index (χ0v) is 14.1. The van der Waals surface area contributed by atoms with E-state index in [4.69, 9.17) is 16.6 Å². The van der Waals surface area contributed by atoms with Gasteiger partial charge in [0.15, 0.2) is 0 Å². The predicted molar refractivity (Wildman–Crippen MR) is 101 cm³/mol. The second-order valence-electron chi connectivity index (χ2n) is 5.74. The highest BCUT2D eigenvalue weighted by Gasteiger charge is 2.16. The Morgan fingerprint density at radius 2 is 1.54 bits per heavy atom. The number of halogens is 1. The molecule has 1 aromatic heterocycles. The molecule has 24 heavy (non-hydrogen) atoms. The van der Waals surface area contributed by atoms with Crippen molar-refractivity contribution in [1.29, 1.82) is 0 Å². The van der Waals surface area contributed by atoms with Crippen molar-refractivity contribution in [3.63, 3.8) is 0 Å². The molecule has 0 atom stereocenters. The van der Waals surface area contributed by atoms with Crippen LogP contribution in [-0.4, -0.2) is 29.0 Å². The zero-order valence-electron chi connectivity index (χ0n) is 13.3. The van der Waals surface area contributed by atoms with Gasteiger partial charge in [0.25, 0.3) is 0 Å². The molecule has 0 saturated carbocycles. The SMILES string of the molecule is Clc1ccc(-c2cc(N3CCCC3)c3ccccc3n2)cc1.O.O. The molecule has 4 rings (SSSR count). The fourth-order valence-corrected chi connectivity index (χ4v) is 3.27. The van der Waals surface area contributed by atoms with Crippen LogP contribution < -0.4 is 4.90 Å². The Hall–Kier alpha value is -2.14. The Morgan fingerprint density at radius 1 is 0.875 bits per heavy atom. The monoisotopic (exact) mass is 344 g/mol. The molecule has 0 aliphatic carbocycles. The van der Waals surface area contributed by atoms with Gasteiger partial charge in [0.05, 0.1) is 11.2 Å². The average molecular weight is 345 g/mol. The minimum atomic E-state index is 0. The molecule has 126 valence electrons. The number of hydrogen-bond acceptors (Lipinski definition) is 2. The second-order valence-corrected chi connectivity index (χ2v) is 6.18. The summed E-state index contributed by atoms with van der Waals surface area (Å²) < 4.78 is 0. The third kappa shape index (κ3) is 3.36. The molecule has 1 aliphatic heterocycles. The molecule has 3 aromatic rings. The van der Waals surface area contributed by atoms with Crippen LogP contribution in [0.4, 0.5) is 5.69 Å². The third-order valence-corrected chi connectivity index (χ3v) is 4.53. The van der Waals surface area contributed by atoms with Crippen molar-refractivity contribution in [2.75, 3.05) is 18.0 Å². The minimum Gasteiger partial charge on any atom is -0.412 e. The number of aromatic nitrogens is 1. The van der Waals surface area contributed by atoms with Crippen LogP contribution in [0.3, 0.4) is 0 Å². The van der Waals surface area contributed by atoms with Crippen molar-refractivity contribution in [3.05, 3.63) is 59.6 Å². The number of rotatable bonds is 2. The van der Waals surface area contributed by atoms with Crippen LogP contribution in [0, 0.1) is 0 Å². The van der Waals surface area contributed by atoms with Gasteiger partial charge in [-0.25, -0.2) is 4.98 Å². The lowest BCUT2D eigenvalue weighted by Crippen LogP contribution is -2.18. The van der Waals surface area contributed by atoms with Gasteiger partial charge in [-0.15, -0.1) is 0 Å². The summed E-state index contributed by atoms with van der Waals surface area (Å²) in [5.41, 5.74) is 4.47. The van der Waals surface area contributed by atoms with Gasteiger partial charge in [0, 0.05) is 34.7 Å². The van der Waals surface area contributed by atoms with Crippen molar-refractivity contribution in [3.8, 4) is 11.3 Å². The van der Waals surface area contributed by atoms with E-state index in [1.165, 1.54) is 23.9 Å².